The number of benzene rings is 5. The Kier molecular flexibility index (Phi) is 6.84. The number of furan rings is 1. The summed E-state index contributed by atoms with van der Waals surface area (Å²) in [6, 6.07) is 31.8. The third-order valence-corrected chi connectivity index (χ3v) is 7.44. The maximum absolute atomic E-state index is 13.8. The number of fused-ring (bicyclic) bond motifs is 3. The second kappa shape index (κ2) is 11.1. The number of para-hydroxylation sites is 1. The Morgan fingerprint density at radius 3 is 2.59 bits per heavy atom. The number of non-ortho nitro benzene ring substituents is 1. The van der Waals surface area contributed by atoms with E-state index in [4.69, 9.17) is 25.7 Å². The standard InChI is InChI=1S/C34H21ClN4O5/c35-24-13-15-30-23(17-24)18-32(44-30)33-37-29-11-4-3-10-27(29)34(40)38(33)36-19-28-26-9-2-1-7-22(26)12-14-31(28)43-20-21-6-5-8-25(16-21)39(41)42/h1-19H,20H2. The molecule has 0 aliphatic carbocycles. The van der Waals surface area contributed by atoms with Gasteiger partial charge in [0, 0.05) is 28.1 Å². The number of halogens is 1. The molecule has 0 N–H and O–H groups in total. The molecular formula is C34H21ClN4O5. The number of rotatable bonds is 7. The van der Waals surface area contributed by atoms with E-state index in [1.54, 1.807) is 60.8 Å². The minimum absolute atomic E-state index is 0.0186. The van der Waals surface area contributed by atoms with Crippen molar-refractivity contribution in [2.24, 2.45) is 5.10 Å². The molecule has 0 saturated carbocycles. The normalized spacial score (nSPS) is 11.6. The van der Waals surface area contributed by atoms with Crippen molar-refractivity contribution < 1.29 is 14.1 Å². The van der Waals surface area contributed by atoms with Crippen LogP contribution in [0.4, 0.5) is 5.69 Å². The van der Waals surface area contributed by atoms with Gasteiger partial charge in [-0.15, -0.1) is 0 Å². The maximum Gasteiger partial charge on any atom is 0.282 e. The van der Waals surface area contributed by atoms with Crippen LogP contribution in [0.2, 0.25) is 5.02 Å². The first kappa shape index (κ1) is 27.1. The lowest BCUT2D eigenvalue weighted by molar-refractivity contribution is -0.384. The summed E-state index contributed by atoms with van der Waals surface area (Å²) in [5.74, 6) is 1.06. The Hall–Kier alpha value is -5.80. The molecule has 2 heterocycles. The van der Waals surface area contributed by atoms with Crippen molar-refractivity contribution in [3.8, 4) is 17.3 Å². The second-order valence-electron chi connectivity index (χ2n) is 10.0. The molecule has 2 aromatic heterocycles. The molecule has 9 nitrogen and oxygen atoms in total. The Labute approximate surface area is 254 Å². The molecule has 7 aromatic rings. The quantitative estimate of drug-likeness (QED) is 0.104. The molecule has 214 valence electrons. The smallest absolute Gasteiger partial charge is 0.282 e. The third-order valence-electron chi connectivity index (χ3n) is 7.20. The van der Waals surface area contributed by atoms with Gasteiger partial charge in [-0.25, -0.2) is 4.98 Å². The lowest BCUT2D eigenvalue weighted by Crippen LogP contribution is -2.20. The molecule has 0 saturated heterocycles. The van der Waals surface area contributed by atoms with Gasteiger partial charge in [-0.2, -0.15) is 9.78 Å². The summed E-state index contributed by atoms with van der Waals surface area (Å²) in [5, 5.41) is 19.4. The largest absolute Gasteiger partial charge is 0.488 e. The van der Waals surface area contributed by atoms with E-state index in [0.29, 0.717) is 44.1 Å². The number of hydrogen-bond acceptors (Lipinski definition) is 7. The van der Waals surface area contributed by atoms with Crippen LogP contribution in [0.25, 0.3) is 44.2 Å². The molecule has 0 radical (unpaired) electrons. The van der Waals surface area contributed by atoms with Crippen molar-refractivity contribution in [3.05, 3.63) is 146 Å². The van der Waals surface area contributed by atoms with E-state index in [1.807, 2.05) is 42.5 Å². The van der Waals surface area contributed by atoms with Gasteiger partial charge in [-0.3, -0.25) is 14.9 Å². The fraction of sp³-hybridized carbons (Fsp3) is 0.0294. The van der Waals surface area contributed by atoms with Crippen molar-refractivity contribution in [3.63, 3.8) is 0 Å². The molecule has 44 heavy (non-hydrogen) atoms. The van der Waals surface area contributed by atoms with E-state index in [1.165, 1.54) is 16.8 Å². The van der Waals surface area contributed by atoms with Gasteiger partial charge in [0.15, 0.2) is 5.76 Å². The molecule has 0 amide bonds. The number of ether oxygens (including phenoxy) is 1. The zero-order valence-corrected chi connectivity index (χ0v) is 23.6. The highest BCUT2D eigenvalue weighted by atomic mass is 35.5. The summed E-state index contributed by atoms with van der Waals surface area (Å²) in [4.78, 5) is 29.4. The molecule has 0 aliphatic rings. The molecular weight excluding hydrogens is 580 g/mol. The highest BCUT2D eigenvalue weighted by Crippen LogP contribution is 2.31. The average Bonchev–Trinajstić information content (AvgIpc) is 3.46. The third kappa shape index (κ3) is 5.05. The number of aromatic nitrogens is 2. The van der Waals surface area contributed by atoms with Gasteiger partial charge in [0.1, 0.15) is 17.9 Å². The summed E-state index contributed by atoms with van der Waals surface area (Å²) in [6.07, 6.45) is 1.56. The van der Waals surface area contributed by atoms with Crippen molar-refractivity contribution in [1.29, 1.82) is 0 Å². The SMILES string of the molecule is O=c1c2ccccc2nc(-c2cc3cc(Cl)ccc3o2)n1N=Cc1c(OCc2cccc([N+](=O)[O-])c2)ccc2ccccc12. The van der Waals surface area contributed by atoms with E-state index < -0.39 is 4.92 Å². The van der Waals surface area contributed by atoms with Crippen LogP contribution in [-0.2, 0) is 6.61 Å². The van der Waals surface area contributed by atoms with Crippen LogP contribution >= 0.6 is 11.6 Å². The lowest BCUT2D eigenvalue weighted by Gasteiger charge is -2.12. The fourth-order valence-corrected chi connectivity index (χ4v) is 5.27. The number of nitro benzene ring substituents is 1. The fourth-order valence-electron chi connectivity index (χ4n) is 5.09. The molecule has 5 aromatic carbocycles. The Bertz CT molecular complexity index is 2330. The number of nitro groups is 1. The molecule has 0 fully saturated rings. The Morgan fingerprint density at radius 1 is 0.909 bits per heavy atom. The number of nitrogens with zero attached hydrogens (tertiary/aromatic N) is 4. The summed E-state index contributed by atoms with van der Waals surface area (Å²) in [6.45, 7) is 0.0884. The van der Waals surface area contributed by atoms with E-state index in [-0.39, 0.29) is 23.7 Å². The van der Waals surface area contributed by atoms with Crippen molar-refractivity contribution in [2.45, 2.75) is 6.61 Å². The first-order valence-corrected chi connectivity index (χ1v) is 14.0. The van der Waals surface area contributed by atoms with Gasteiger partial charge in [0.25, 0.3) is 11.2 Å². The first-order valence-electron chi connectivity index (χ1n) is 13.6. The molecule has 0 unspecified atom stereocenters. The van der Waals surface area contributed by atoms with Gasteiger partial charge in [-0.05, 0) is 58.8 Å². The number of hydrogen-bond donors (Lipinski definition) is 0. The van der Waals surface area contributed by atoms with Crippen molar-refractivity contribution in [2.75, 3.05) is 0 Å². The van der Waals surface area contributed by atoms with Crippen molar-refractivity contribution >= 4 is 56.1 Å². The Balaban J connectivity index is 1.36. The zero-order chi connectivity index (χ0) is 30.2. The van der Waals surface area contributed by atoms with Crippen LogP contribution in [0.3, 0.4) is 0 Å². The van der Waals surface area contributed by atoms with Crippen LogP contribution < -0.4 is 10.3 Å². The van der Waals surface area contributed by atoms with Crippen molar-refractivity contribution in [1.82, 2.24) is 9.66 Å². The summed E-state index contributed by atoms with van der Waals surface area (Å²) >= 11 is 6.20. The highest BCUT2D eigenvalue weighted by Gasteiger charge is 2.17. The molecule has 0 bridgehead atoms. The summed E-state index contributed by atoms with van der Waals surface area (Å²) in [7, 11) is 0. The zero-order valence-electron chi connectivity index (χ0n) is 22.9. The lowest BCUT2D eigenvalue weighted by atomic mass is 10.0. The summed E-state index contributed by atoms with van der Waals surface area (Å²) in [5.41, 5.74) is 1.96. The first-order chi connectivity index (χ1) is 21.4. The topological polar surface area (TPSA) is 113 Å². The van der Waals surface area contributed by atoms with Crippen LogP contribution in [0.15, 0.2) is 124 Å². The van der Waals surface area contributed by atoms with E-state index in [0.717, 1.165) is 16.2 Å². The molecule has 0 spiro atoms. The minimum Gasteiger partial charge on any atom is -0.488 e. The van der Waals surface area contributed by atoms with Crippen LogP contribution in [0.5, 0.6) is 5.75 Å². The monoisotopic (exact) mass is 600 g/mol. The molecule has 0 aliphatic heterocycles. The predicted octanol–water partition coefficient (Wildman–Crippen LogP) is 7.99. The van der Waals surface area contributed by atoms with Gasteiger partial charge in [-0.1, -0.05) is 66.2 Å². The molecule has 10 heteroatoms. The molecule has 7 rings (SSSR count). The van der Waals surface area contributed by atoms with Crippen LogP contribution in [0.1, 0.15) is 11.1 Å². The molecule has 0 atom stereocenters. The van der Waals surface area contributed by atoms with E-state index in [2.05, 4.69) is 5.10 Å². The van der Waals surface area contributed by atoms with Crippen LogP contribution in [-0.4, -0.2) is 20.8 Å². The summed E-state index contributed by atoms with van der Waals surface area (Å²) < 4.78 is 13.5. The predicted molar refractivity (Wildman–Crippen MR) is 171 cm³/mol. The van der Waals surface area contributed by atoms with E-state index >= 15 is 0 Å². The average molecular weight is 601 g/mol. The van der Waals surface area contributed by atoms with Gasteiger partial charge < -0.3 is 9.15 Å². The Morgan fingerprint density at radius 2 is 1.73 bits per heavy atom. The van der Waals surface area contributed by atoms with Gasteiger partial charge in [0.05, 0.1) is 22.0 Å². The minimum atomic E-state index is -0.443. The maximum atomic E-state index is 13.8. The van der Waals surface area contributed by atoms with Gasteiger partial charge in [0.2, 0.25) is 5.82 Å². The van der Waals surface area contributed by atoms with Crippen LogP contribution in [0, 0.1) is 10.1 Å². The van der Waals surface area contributed by atoms with E-state index in [9.17, 15) is 14.9 Å². The second-order valence-corrected chi connectivity index (χ2v) is 10.5. The highest BCUT2D eigenvalue weighted by molar-refractivity contribution is 6.31. The van der Waals surface area contributed by atoms with Gasteiger partial charge >= 0.3 is 0 Å².